The lowest BCUT2D eigenvalue weighted by molar-refractivity contribution is 0.604. The first-order valence-electron chi connectivity index (χ1n) is 5.68. The van der Waals surface area contributed by atoms with E-state index in [1.165, 1.54) is 5.56 Å². The summed E-state index contributed by atoms with van der Waals surface area (Å²) in [5.74, 6) is 0.917. The highest BCUT2D eigenvalue weighted by molar-refractivity contribution is 9.10. The summed E-state index contributed by atoms with van der Waals surface area (Å²) in [6.45, 7) is 5.07. The zero-order chi connectivity index (χ0) is 12.3. The lowest BCUT2D eigenvalue weighted by atomic mass is 10.2. The number of benzene rings is 1. The zero-order valence-electron chi connectivity index (χ0n) is 10.0. The van der Waals surface area contributed by atoms with Gasteiger partial charge in [0, 0.05) is 29.5 Å². The van der Waals surface area contributed by atoms with Crippen LogP contribution in [0.4, 0.5) is 5.95 Å². The fourth-order valence-corrected chi connectivity index (χ4v) is 2.14. The summed E-state index contributed by atoms with van der Waals surface area (Å²) in [6.07, 6.45) is 3.82. The molecule has 0 bridgehead atoms. The highest BCUT2D eigenvalue weighted by Crippen LogP contribution is 2.15. The van der Waals surface area contributed by atoms with E-state index in [1.807, 2.05) is 24.5 Å². The maximum Gasteiger partial charge on any atom is 0.203 e. The van der Waals surface area contributed by atoms with E-state index in [9.17, 15) is 0 Å². The average Bonchev–Trinajstić information content (AvgIpc) is 2.74. The van der Waals surface area contributed by atoms with Gasteiger partial charge >= 0.3 is 0 Å². The molecule has 1 heterocycles. The first-order valence-corrected chi connectivity index (χ1v) is 6.47. The van der Waals surface area contributed by atoms with Crippen LogP contribution in [0.25, 0.3) is 0 Å². The van der Waals surface area contributed by atoms with Gasteiger partial charge in [-0.15, -0.1) is 0 Å². The van der Waals surface area contributed by atoms with Crippen LogP contribution in [-0.4, -0.2) is 9.55 Å². The van der Waals surface area contributed by atoms with Crippen molar-refractivity contribution in [1.29, 1.82) is 0 Å². The Kier molecular flexibility index (Phi) is 3.84. The van der Waals surface area contributed by atoms with Crippen molar-refractivity contribution in [3.8, 4) is 0 Å². The van der Waals surface area contributed by atoms with Gasteiger partial charge in [0.05, 0.1) is 0 Å². The van der Waals surface area contributed by atoms with Gasteiger partial charge in [-0.25, -0.2) is 4.98 Å². The minimum Gasteiger partial charge on any atom is -0.352 e. The van der Waals surface area contributed by atoms with Gasteiger partial charge in [0.1, 0.15) is 0 Å². The van der Waals surface area contributed by atoms with Gasteiger partial charge in [-0.05, 0) is 31.5 Å². The van der Waals surface area contributed by atoms with Crippen molar-refractivity contribution >= 4 is 21.9 Å². The van der Waals surface area contributed by atoms with E-state index >= 15 is 0 Å². The molecule has 1 aromatic carbocycles. The minimum atomic E-state index is 0.419. The molecular weight excluding hydrogens is 278 g/mol. The molecule has 2 rings (SSSR count). The van der Waals surface area contributed by atoms with Crippen LogP contribution >= 0.6 is 15.9 Å². The second-order valence-corrected chi connectivity index (χ2v) is 5.15. The molecule has 0 spiro atoms. The van der Waals surface area contributed by atoms with Crippen LogP contribution < -0.4 is 5.32 Å². The molecule has 2 aromatic rings. The number of halogens is 1. The van der Waals surface area contributed by atoms with E-state index in [2.05, 4.69) is 56.8 Å². The Labute approximate surface area is 110 Å². The number of hydrogen-bond donors (Lipinski definition) is 1. The summed E-state index contributed by atoms with van der Waals surface area (Å²) < 4.78 is 3.22. The molecule has 0 atom stereocenters. The molecule has 4 heteroatoms. The number of nitrogens with one attached hydrogen (secondary N) is 1. The Morgan fingerprint density at radius 2 is 2.24 bits per heavy atom. The third kappa shape index (κ3) is 3.09. The largest absolute Gasteiger partial charge is 0.352 e. The van der Waals surface area contributed by atoms with Crippen molar-refractivity contribution in [1.82, 2.24) is 9.55 Å². The Morgan fingerprint density at radius 3 is 2.94 bits per heavy atom. The summed E-state index contributed by atoms with van der Waals surface area (Å²) in [7, 11) is 0. The van der Waals surface area contributed by atoms with Gasteiger partial charge in [0.15, 0.2) is 0 Å². The van der Waals surface area contributed by atoms with E-state index in [4.69, 9.17) is 0 Å². The van der Waals surface area contributed by atoms with Crippen LogP contribution in [0.5, 0.6) is 0 Å². The highest BCUT2D eigenvalue weighted by Gasteiger charge is 2.04. The minimum absolute atomic E-state index is 0.419. The van der Waals surface area contributed by atoms with E-state index in [0.29, 0.717) is 6.04 Å². The molecule has 0 amide bonds. The third-order valence-electron chi connectivity index (χ3n) is 2.56. The monoisotopic (exact) mass is 293 g/mol. The molecule has 3 nitrogen and oxygen atoms in total. The molecule has 0 fully saturated rings. The van der Waals surface area contributed by atoms with Gasteiger partial charge in [-0.3, -0.25) is 0 Å². The molecule has 0 aliphatic rings. The smallest absolute Gasteiger partial charge is 0.203 e. The van der Waals surface area contributed by atoms with Crippen LogP contribution in [-0.2, 0) is 6.54 Å². The summed E-state index contributed by atoms with van der Waals surface area (Å²) in [6, 6.07) is 8.69. The molecule has 0 aliphatic heterocycles. The van der Waals surface area contributed by atoms with Gasteiger partial charge in [0.25, 0.3) is 0 Å². The maximum atomic E-state index is 4.32. The van der Waals surface area contributed by atoms with Crippen LogP contribution in [0.3, 0.4) is 0 Å². The molecule has 1 aromatic heterocycles. The molecular formula is C13H16BrN3. The van der Waals surface area contributed by atoms with Gasteiger partial charge in [-0.2, -0.15) is 0 Å². The Hall–Kier alpha value is -1.29. The zero-order valence-corrected chi connectivity index (χ0v) is 11.6. The predicted octanol–water partition coefficient (Wildman–Crippen LogP) is 3.84. The van der Waals surface area contributed by atoms with Gasteiger partial charge in [0.2, 0.25) is 5.95 Å². The van der Waals surface area contributed by atoms with Crippen molar-refractivity contribution in [2.24, 2.45) is 0 Å². The first-order chi connectivity index (χ1) is 8.16. The molecule has 0 aliphatic carbocycles. The number of imidazole rings is 1. The van der Waals surface area contributed by atoms with E-state index in [0.717, 1.165) is 17.0 Å². The summed E-state index contributed by atoms with van der Waals surface area (Å²) in [5, 5.41) is 3.35. The van der Waals surface area contributed by atoms with Crippen molar-refractivity contribution in [2.75, 3.05) is 5.32 Å². The quantitative estimate of drug-likeness (QED) is 0.928. The van der Waals surface area contributed by atoms with Crippen LogP contribution in [0.1, 0.15) is 25.5 Å². The lowest BCUT2D eigenvalue weighted by Crippen LogP contribution is -2.08. The van der Waals surface area contributed by atoms with Crippen molar-refractivity contribution < 1.29 is 0 Å². The first kappa shape index (κ1) is 12.2. The molecule has 1 N–H and O–H groups in total. The average molecular weight is 294 g/mol. The molecule has 0 radical (unpaired) electrons. The standard InChI is InChI=1S/C13H16BrN3/c1-10(2)17-7-6-15-13(17)16-9-11-4-3-5-12(14)8-11/h3-8,10H,9H2,1-2H3,(H,15,16). The molecule has 0 saturated carbocycles. The SMILES string of the molecule is CC(C)n1ccnc1NCc1cccc(Br)c1. The Morgan fingerprint density at radius 1 is 1.41 bits per heavy atom. The second kappa shape index (κ2) is 5.36. The fourth-order valence-electron chi connectivity index (χ4n) is 1.69. The normalized spacial score (nSPS) is 10.8. The predicted molar refractivity (Wildman–Crippen MR) is 74.1 cm³/mol. The topological polar surface area (TPSA) is 29.9 Å². The van der Waals surface area contributed by atoms with Crippen LogP contribution in [0, 0.1) is 0 Å². The van der Waals surface area contributed by atoms with E-state index in [1.54, 1.807) is 0 Å². The number of anilines is 1. The van der Waals surface area contributed by atoms with Crippen molar-refractivity contribution in [3.05, 3.63) is 46.7 Å². The number of aromatic nitrogens is 2. The molecule has 0 saturated heterocycles. The lowest BCUT2D eigenvalue weighted by Gasteiger charge is -2.12. The highest BCUT2D eigenvalue weighted by atomic mass is 79.9. The van der Waals surface area contributed by atoms with Crippen LogP contribution in [0.2, 0.25) is 0 Å². The molecule has 17 heavy (non-hydrogen) atoms. The number of rotatable bonds is 4. The van der Waals surface area contributed by atoms with E-state index in [-0.39, 0.29) is 0 Å². The van der Waals surface area contributed by atoms with Crippen LogP contribution in [0.15, 0.2) is 41.1 Å². The summed E-state index contributed by atoms with van der Waals surface area (Å²) in [4.78, 5) is 4.32. The van der Waals surface area contributed by atoms with E-state index < -0.39 is 0 Å². The maximum absolute atomic E-state index is 4.32. The van der Waals surface area contributed by atoms with Crippen molar-refractivity contribution in [2.45, 2.75) is 26.4 Å². The Bertz CT molecular complexity index is 491. The Balaban J connectivity index is 2.05. The van der Waals surface area contributed by atoms with Gasteiger partial charge < -0.3 is 9.88 Å². The number of nitrogens with zero attached hydrogens (tertiary/aromatic N) is 2. The van der Waals surface area contributed by atoms with Crippen molar-refractivity contribution in [3.63, 3.8) is 0 Å². The fraction of sp³-hybridized carbons (Fsp3) is 0.308. The molecule has 90 valence electrons. The third-order valence-corrected chi connectivity index (χ3v) is 3.06. The number of hydrogen-bond acceptors (Lipinski definition) is 2. The summed E-state index contributed by atoms with van der Waals surface area (Å²) in [5.41, 5.74) is 1.23. The second-order valence-electron chi connectivity index (χ2n) is 4.24. The van der Waals surface area contributed by atoms with Gasteiger partial charge in [-0.1, -0.05) is 28.1 Å². The molecule has 0 unspecified atom stereocenters. The summed E-state index contributed by atoms with van der Waals surface area (Å²) >= 11 is 3.47.